The van der Waals surface area contributed by atoms with E-state index < -0.39 is 0 Å². The van der Waals surface area contributed by atoms with Crippen LogP contribution in [0.3, 0.4) is 0 Å². The molecule has 0 spiro atoms. The molecule has 3 N–H and O–H groups in total. The van der Waals surface area contributed by atoms with E-state index >= 15 is 0 Å². The quantitative estimate of drug-likeness (QED) is 0.792. The third kappa shape index (κ3) is 3.45. The number of halogens is 2. The summed E-state index contributed by atoms with van der Waals surface area (Å²) in [5.74, 6) is 0. The molecule has 0 bridgehead atoms. The number of nitrogens with two attached hydrogens (primary N) is 1. The third-order valence-electron chi connectivity index (χ3n) is 2.33. The highest BCUT2D eigenvalue weighted by molar-refractivity contribution is 9.10. The molecule has 1 heterocycles. The molecule has 0 saturated heterocycles. The molecule has 0 atom stereocenters. The van der Waals surface area contributed by atoms with Gasteiger partial charge in [-0.2, -0.15) is 0 Å². The molecule has 0 aliphatic rings. The van der Waals surface area contributed by atoms with E-state index in [-0.39, 0.29) is 0 Å². The second-order valence-electron chi connectivity index (χ2n) is 3.61. The maximum absolute atomic E-state index is 5.89. The van der Waals surface area contributed by atoms with E-state index in [1.807, 2.05) is 30.3 Å². The lowest BCUT2D eigenvalue weighted by molar-refractivity contribution is 1.19. The minimum Gasteiger partial charge on any atom is -0.389 e. The molecule has 0 fully saturated rings. The van der Waals surface area contributed by atoms with Gasteiger partial charge in [0.2, 0.25) is 0 Å². The second-order valence-corrected chi connectivity index (χ2v) is 6.77. The molecule has 2 nitrogen and oxygen atoms in total. The standard InChI is InChI=1S/C12H10BrClN2S2/c13-7-1-3-9(12(15)17)10(5-7)16-6-8-2-4-11(14)18-8/h1-5,16H,6H2,(H2,15,17). The van der Waals surface area contributed by atoms with Crippen molar-refractivity contribution in [2.24, 2.45) is 5.73 Å². The van der Waals surface area contributed by atoms with Crippen LogP contribution < -0.4 is 11.1 Å². The van der Waals surface area contributed by atoms with Crippen LogP contribution in [0.5, 0.6) is 0 Å². The minimum absolute atomic E-state index is 0.384. The summed E-state index contributed by atoms with van der Waals surface area (Å²) in [5.41, 5.74) is 7.46. The number of hydrogen-bond acceptors (Lipinski definition) is 3. The molecule has 2 aromatic rings. The summed E-state index contributed by atoms with van der Waals surface area (Å²) in [6.45, 7) is 0.698. The molecule has 6 heteroatoms. The maximum atomic E-state index is 5.89. The first-order valence-electron chi connectivity index (χ1n) is 5.13. The van der Waals surface area contributed by atoms with Gasteiger partial charge in [0.15, 0.2) is 0 Å². The van der Waals surface area contributed by atoms with Crippen molar-refractivity contribution in [3.63, 3.8) is 0 Å². The fourth-order valence-electron chi connectivity index (χ4n) is 1.51. The number of thiophene rings is 1. The largest absolute Gasteiger partial charge is 0.389 e. The van der Waals surface area contributed by atoms with E-state index in [1.165, 1.54) is 0 Å². The van der Waals surface area contributed by atoms with Crippen molar-refractivity contribution in [2.75, 3.05) is 5.32 Å². The monoisotopic (exact) mass is 360 g/mol. The van der Waals surface area contributed by atoms with Gasteiger partial charge in [-0.3, -0.25) is 0 Å². The van der Waals surface area contributed by atoms with Gasteiger partial charge in [-0.05, 0) is 30.3 Å². The highest BCUT2D eigenvalue weighted by atomic mass is 79.9. The van der Waals surface area contributed by atoms with E-state index in [4.69, 9.17) is 29.6 Å². The van der Waals surface area contributed by atoms with Gasteiger partial charge in [0.25, 0.3) is 0 Å². The van der Waals surface area contributed by atoms with Crippen LogP contribution in [0.4, 0.5) is 5.69 Å². The molecular weight excluding hydrogens is 352 g/mol. The third-order valence-corrected chi connectivity index (χ3v) is 4.27. The fraction of sp³-hybridized carbons (Fsp3) is 0.0833. The van der Waals surface area contributed by atoms with Gasteiger partial charge in [0.1, 0.15) is 4.99 Å². The Kier molecular flexibility index (Phi) is 4.61. The second kappa shape index (κ2) is 6.02. The van der Waals surface area contributed by atoms with Crippen molar-refractivity contribution in [1.29, 1.82) is 0 Å². The summed E-state index contributed by atoms with van der Waals surface area (Å²) >= 11 is 15.9. The molecular formula is C12H10BrClN2S2. The minimum atomic E-state index is 0.384. The molecule has 94 valence electrons. The average Bonchev–Trinajstić information content (AvgIpc) is 2.72. The van der Waals surface area contributed by atoms with Crippen LogP contribution in [-0.2, 0) is 6.54 Å². The number of thiocarbonyl (C=S) groups is 1. The topological polar surface area (TPSA) is 38.0 Å². The first-order chi connectivity index (χ1) is 8.56. The van der Waals surface area contributed by atoms with E-state index in [0.717, 1.165) is 24.9 Å². The number of benzene rings is 1. The number of nitrogens with one attached hydrogen (secondary N) is 1. The van der Waals surface area contributed by atoms with Gasteiger partial charge < -0.3 is 11.1 Å². The lowest BCUT2D eigenvalue weighted by Gasteiger charge is -2.11. The van der Waals surface area contributed by atoms with Crippen molar-refractivity contribution in [2.45, 2.75) is 6.54 Å². The van der Waals surface area contributed by atoms with Gasteiger partial charge in [-0.25, -0.2) is 0 Å². The van der Waals surface area contributed by atoms with E-state index in [2.05, 4.69) is 21.2 Å². The molecule has 1 aromatic heterocycles. The van der Waals surface area contributed by atoms with Crippen LogP contribution in [0.15, 0.2) is 34.8 Å². The Morgan fingerprint density at radius 1 is 1.39 bits per heavy atom. The van der Waals surface area contributed by atoms with Gasteiger partial charge in [0, 0.05) is 27.1 Å². The molecule has 0 aliphatic heterocycles. The summed E-state index contributed by atoms with van der Waals surface area (Å²) in [6, 6.07) is 9.67. The molecule has 2 rings (SSSR count). The van der Waals surface area contributed by atoms with E-state index in [0.29, 0.717) is 11.5 Å². The Hall–Kier alpha value is -0.620. The summed E-state index contributed by atoms with van der Waals surface area (Å²) < 4.78 is 1.77. The Balaban J connectivity index is 2.17. The number of hydrogen-bond donors (Lipinski definition) is 2. The van der Waals surface area contributed by atoms with Crippen molar-refractivity contribution >= 4 is 61.8 Å². The zero-order valence-electron chi connectivity index (χ0n) is 9.24. The number of anilines is 1. The first kappa shape index (κ1) is 13.8. The molecule has 0 radical (unpaired) electrons. The normalized spacial score (nSPS) is 10.3. The van der Waals surface area contributed by atoms with Crippen LogP contribution in [-0.4, -0.2) is 4.99 Å². The van der Waals surface area contributed by atoms with Crippen LogP contribution in [0.25, 0.3) is 0 Å². The molecule has 0 aliphatic carbocycles. The predicted molar refractivity (Wildman–Crippen MR) is 86.7 cm³/mol. The lowest BCUT2D eigenvalue weighted by atomic mass is 10.2. The van der Waals surface area contributed by atoms with Gasteiger partial charge in [-0.15, -0.1) is 11.3 Å². The average molecular weight is 362 g/mol. The highest BCUT2D eigenvalue weighted by Gasteiger charge is 2.06. The molecule has 0 unspecified atom stereocenters. The van der Waals surface area contributed by atoms with Crippen LogP contribution in [0.2, 0.25) is 4.34 Å². The molecule has 0 saturated carbocycles. The van der Waals surface area contributed by atoms with E-state index in [1.54, 1.807) is 11.3 Å². The Morgan fingerprint density at radius 3 is 2.78 bits per heavy atom. The number of rotatable bonds is 4. The predicted octanol–water partition coefficient (Wildman–Crippen LogP) is 4.41. The lowest BCUT2D eigenvalue weighted by Crippen LogP contribution is -2.13. The summed E-state index contributed by atoms with van der Waals surface area (Å²) in [7, 11) is 0. The maximum Gasteiger partial charge on any atom is 0.106 e. The summed E-state index contributed by atoms with van der Waals surface area (Å²) in [4.78, 5) is 1.54. The van der Waals surface area contributed by atoms with E-state index in [9.17, 15) is 0 Å². The Bertz CT molecular complexity index is 583. The SMILES string of the molecule is NC(=S)c1ccc(Br)cc1NCc1ccc(Cl)s1. The van der Waals surface area contributed by atoms with Crippen molar-refractivity contribution in [3.8, 4) is 0 Å². The van der Waals surface area contributed by atoms with Crippen molar-refractivity contribution in [3.05, 3.63) is 49.6 Å². The van der Waals surface area contributed by atoms with Crippen LogP contribution >= 0.6 is 51.1 Å². The summed E-state index contributed by atoms with van der Waals surface area (Å²) in [5, 5.41) is 3.32. The van der Waals surface area contributed by atoms with Crippen molar-refractivity contribution < 1.29 is 0 Å². The molecule has 18 heavy (non-hydrogen) atoms. The van der Waals surface area contributed by atoms with Crippen LogP contribution in [0, 0.1) is 0 Å². The first-order valence-corrected chi connectivity index (χ1v) is 7.53. The zero-order valence-corrected chi connectivity index (χ0v) is 13.2. The van der Waals surface area contributed by atoms with Gasteiger partial charge in [-0.1, -0.05) is 39.7 Å². The smallest absolute Gasteiger partial charge is 0.106 e. The van der Waals surface area contributed by atoms with Gasteiger partial charge >= 0.3 is 0 Å². The van der Waals surface area contributed by atoms with Crippen LogP contribution in [0.1, 0.15) is 10.4 Å². The Morgan fingerprint density at radius 2 is 2.17 bits per heavy atom. The Labute approximate surface area is 128 Å². The summed E-state index contributed by atoms with van der Waals surface area (Å²) in [6.07, 6.45) is 0. The van der Waals surface area contributed by atoms with Crippen molar-refractivity contribution in [1.82, 2.24) is 0 Å². The molecule has 0 amide bonds. The fourth-order valence-corrected chi connectivity index (χ4v) is 3.07. The molecule has 1 aromatic carbocycles. The highest BCUT2D eigenvalue weighted by Crippen LogP contribution is 2.25. The zero-order chi connectivity index (χ0) is 13.1. The van der Waals surface area contributed by atoms with Gasteiger partial charge in [0.05, 0.1) is 4.34 Å².